The summed E-state index contributed by atoms with van der Waals surface area (Å²) < 4.78 is 0. The van der Waals surface area contributed by atoms with Gasteiger partial charge in [0.2, 0.25) is 0 Å². The smallest absolute Gasteiger partial charge is 0.317 e. The lowest BCUT2D eigenvalue weighted by atomic mass is 9.75. The summed E-state index contributed by atoms with van der Waals surface area (Å²) in [4.78, 5) is 24.6. The van der Waals surface area contributed by atoms with Crippen LogP contribution in [0, 0.1) is 17.8 Å². The van der Waals surface area contributed by atoms with Crippen LogP contribution in [-0.4, -0.2) is 41.6 Å². The topological polar surface area (TPSA) is 69.6 Å². The summed E-state index contributed by atoms with van der Waals surface area (Å²) in [5.41, 5.74) is 0. The van der Waals surface area contributed by atoms with Crippen LogP contribution in [0.2, 0.25) is 0 Å². The molecule has 5 heteroatoms. The predicted octanol–water partition coefficient (Wildman–Crippen LogP) is 2.32. The Balaban J connectivity index is 1.74. The highest BCUT2D eigenvalue weighted by Gasteiger charge is 2.32. The first kappa shape index (κ1) is 15.1. The molecule has 0 aromatic heterocycles. The molecule has 5 nitrogen and oxygen atoms in total. The number of nitrogens with zero attached hydrogens (tertiary/aromatic N) is 1. The van der Waals surface area contributed by atoms with Crippen molar-refractivity contribution < 1.29 is 14.7 Å². The van der Waals surface area contributed by atoms with Crippen LogP contribution in [0.1, 0.15) is 45.4 Å². The van der Waals surface area contributed by atoms with Gasteiger partial charge >= 0.3 is 12.0 Å². The zero-order chi connectivity index (χ0) is 14.5. The standard InChI is InChI=1S/C15H26N2O3/c1-11(8-14(18)19)9-16-15(20)17-7-6-12-4-2-3-5-13(12)10-17/h11-13H,2-10H2,1H3,(H,16,20)(H,18,19). The van der Waals surface area contributed by atoms with Crippen molar-refractivity contribution in [2.24, 2.45) is 17.8 Å². The fourth-order valence-electron chi connectivity index (χ4n) is 3.53. The third kappa shape index (κ3) is 4.12. The van der Waals surface area contributed by atoms with E-state index in [-0.39, 0.29) is 18.4 Å². The molecule has 2 fully saturated rings. The van der Waals surface area contributed by atoms with Crippen molar-refractivity contribution >= 4 is 12.0 Å². The van der Waals surface area contributed by atoms with E-state index < -0.39 is 5.97 Å². The molecule has 1 heterocycles. The molecule has 2 rings (SSSR count). The van der Waals surface area contributed by atoms with E-state index in [0.29, 0.717) is 12.5 Å². The molecule has 0 spiro atoms. The summed E-state index contributed by atoms with van der Waals surface area (Å²) >= 11 is 0. The maximum Gasteiger partial charge on any atom is 0.317 e. The van der Waals surface area contributed by atoms with Gasteiger partial charge in [0, 0.05) is 26.1 Å². The second kappa shape index (κ2) is 6.95. The molecule has 114 valence electrons. The van der Waals surface area contributed by atoms with Crippen LogP contribution < -0.4 is 5.32 Å². The van der Waals surface area contributed by atoms with Crippen molar-refractivity contribution in [3.8, 4) is 0 Å². The largest absolute Gasteiger partial charge is 0.481 e. The molecule has 2 amide bonds. The molecule has 1 aliphatic heterocycles. The fourth-order valence-corrected chi connectivity index (χ4v) is 3.53. The van der Waals surface area contributed by atoms with Gasteiger partial charge in [0.1, 0.15) is 0 Å². The molecule has 1 saturated heterocycles. The van der Waals surface area contributed by atoms with E-state index in [1.165, 1.54) is 25.7 Å². The van der Waals surface area contributed by atoms with Crippen molar-refractivity contribution in [1.29, 1.82) is 0 Å². The Labute approximate surface area is 120 Å². The number of nitrogens with one attached hydrogen (secondary N) is 1. The molecule has 1 aliphatic carbocycles. The number of likely N-dealkylation sites (tertiary alicyclic amines) is 1. The van der Waals surface area contributed by atoms with Gasteiger partial charge < -0.3 is 15.3 Å². The van der Waals surface area contributed by atoms with E-state index in [4.69, 9.17) is 5.11 Å². The minimum Gasteiger partial charge on any atom is -0.481 e. The van der Waals surface area contributed by atoms with Crippen molar-refractivity contribution in [3.05, 3.63) is 0 Å². The molecule has 0 aromatic rings. The second-order valence-corrected chi connectivity index (χ2v) is 6.43. The van der Waals surface area contributed by atoms with Crippen LogP contribution in [0.3, 0.4) is 0 Å². The molecule has 0 bridgehead atoms. The van der Waals surface area contributed by atoms with E-state index in [0.717, 1.165) is 25.4 Å². The number of rotatable bonds is 4. The Hall–Kier alpha value is -1.26. The average molecular weight is 282 g/mol. The normalized spacial score (nSPS) is 27.6. The minimum atomic E-state index is -0.810. The summed E-state index contributed by atoms with van der Waals surface area (Å²) in [6.07, 6.45) is 6.46. The molecular weight excluding hydrogens is 256 g/mol. The van der Waals surface area contributed by atoms with Gasteiger partial charge in [-0.25, -0.2) is 4.79 Å². The third-order valence-electron chi connectivity index (χ3n) is 4.70. The molecule has 1 saturated carbocycles. The maximum absolute atomic E-state index is 12.1. The molecule has 0 aromatic carbocycles. The molecule has 0 radical (unpaired) electrons. The molecule has 3 atom stereocenters. The van der Waals surface area contributed by atoms with E-state index in [1.54, 1.807) is 0 Å². The van der Waals surface area contributed by atoms with Gasteiger partial charge in [-0.1, -0.05) is 26.2 Å². The average Bonchev–Trinajstić information content (AvgIpc) is 2.43. The van der Waals surface area contributed by atoms with Crippen molar-refractivity contribution in [2.75, 3.05) is 19.6 Å². The lowest BCUT2D eigenvalue weighted by molar-refractivity contribution is -0.137. The van der Waals surface area contributed by atoms with E-state index in [9.17, 15) is 9.59 Å². The number of aliphatic carboxylic acids is 1. The minimum absolute atomic E-state index is 0.0220. The van der Waals surface area contributed by atoms with Crippen LogP contribution in [0.15, 0.2) is 0 Å². The number of carboxylic acids is 1. The van der Waals surface area contributed by atoms with Gasteiger partial charge in [-0.2, -0.15) is 0 Å². The van der Waals surface area contributed by atoms with E-state index in [2.05, 4.69) is 5.32 Å². The second-order valence-electron chi connectivity index (χ2n) is 6.43. The number of urea groups is 1. The van der Waals surface area contributed by atoms with Crippen LogP contribution >= 0.6 is 0 Å². The highest BCUT2D eigenvalue weighted by Crippen LogP contribution is 2.35. The number of piperidine rings is 1. The Morgan fingerprint density at radius 1 is 1.25 bits per heavy atom. The van der Waals surface area contributed by atoms with Gasteiger partial charge in [-0.15, -0.1) is 0 Å². The number of fused-ring (bicyclic) bond motifs is 1. The zero-order valence-electron chi connectivity index (χ0n) is 12.3. The Morgan fingerprint density at radius 3 is 2.65 bits per heavy atom. The fraction of sp³-hybridized carbons (Fsp3) is 0.867. The van der Waals surface area contributed by atoms with Gasteiger partial charge in [0.15, 0.2) is 0 Å². The number of hydrogen-bond acceptors (Lipinski definition) is 2. The summed E-state index contributed by atoms with van der Waals surface area (Å²) in [6, 6.07) is -0.0220. The van der Waals surface area contributed by atoms with Crippen LogP contribution in [0.5, 0.6) is 0 Å². The molecule has 3 unspecified atom stereocenters. The highest BCUT2D eigenvalue weighted by atomic mass is 16.4. The first-order valence-corrected chi connectivity index (χ1v) is 7.81. The molecule has 2 N–H and O–H groups in total. The van der Waals surface area contributed by atoms with E-state index in [1.807, 2.05) is 11.8 Å². The Bertz CT molecular complexity index is 359. The molecular formula is C15H26N2O3. The zero-order valence-corrected chi connectivity index (χ0v) is 12.3. The predicted molar refractivity (Wildman–Crippen MR) is 76.5 cm³/mol. The highest BCUT2D eigenvalue weighted by molar-refractivity contribution is 5.74. The number of carboxylic acid groups (broad SMARTS) is 1. The monoisotopic (exact) mass is 282 g/mol. The van der Waals surface area contributed by atoms with Crippen LogP contribution in [-0.2, 0) is 4.79 Å². The quantitative estimate of drug-likeness (QED) is 0.831. The van der Waals surface area contributed by atoms with E-state index >= 15 is 0 Å². The summed E-state index contributed by atoms with van der Waals surface area (Å²) in [5.74, 6) is 0.664. The van der Waals surface area contributed by atoms with Crippen molar-refractivity contribution in [1.82, 2.24) is 10.2 Å². The lowest BCUT2D eigenvalue weighted by Crippen LogP contribution is -2.49. The maximum atomic E-state index is 12.1. The molecule has 20 heavy (non-hydrogen) atoms. The van der Waals surface area contributed by atoms with Gasteiger partial charge in [0.05, 0.1) is 0 Å². The number of hydrogen-bond donors (Lipinski definition) is 2. The lowest BCUT2D eigenvalue weighted by Gasteiger charge is -2.41. The first-order chi connectivity index (χ1) is 9.56. The number of carbonyl (C=O) groups excluding carboxylic acids is 1. The SMILES string of the molecule is CC(CNC(=O)N1CCC2CCCCC2C1)CC(=O)O. The van der Waals surface area contributed by atoms with Crippen LogP contribution in [0.4, 0.5) is 4.79 Å². The summed E-state index contributed by atoms with van der Waals surface area (Å²) in [6.45, 7) is 4.02. The number of amides is 2. The van der Waals surface area contributed by atoms with Gasteiger partial charge in [-0.3, -0.25) is 4.79 Å². The summed E-state index contributed by atoms with van der Waals surface area (Å²) in [7, 11) is 0. The first-order valence-electron chi connectivity index (χ1n) is 7.81. The summed E-state index contributed by atoms with van der Waals surface area (Å²) in [5, 5.41) is 11.6. The van der Waals surface area contributed by atoms with Gasteiger partial charge in [0.25, 0.3) is 0 Å². The van der Waals surface area contributed by atoms with Gasteiger partial charge in [-0.05, 0) is 30.6 Å². The van der Waals surface area contributed by atoms with Crippen molar-refractivity contribution in [3.63, 3.8) is 0 Å². The Kier molecular flexibility index (Phi) is 5.26. The number of carbonyl (C=O) groups is 2. The molecule has 2 aliphatic rings. The van der Waals surface area contributed by atoms with Crippen molar-refractivity contribution in [2.45, 2.75) is 45.4 Å². The Morgan fingerprint density at radius 2 is 1.95 bits per heavy atom. The third-order valence-corrected chi connectivity index (χ3v) is 4.70. The van der Waals surface area contributed by atoms with Crippen LogP contribution in [0.25, 0.3) is 0 Å².